The van der Waals surface area contributed by atoms with E-state index in [1.807, 2.05) is 11.3 Å². The lowest BCUT2D eigenvalue weighted by molar-refractivity contribution is 0.793. The molecule has 11 aromatic carbocycles. The molecule has 302 valence electrons. The predicted octanol–water partition coefficient (Wildman–Crippen LogP) is 17.5. The van der Waals surface area contributed by atoms with Gasteiger partial charge in [-0.15, -0.1) is 11.3 Å². The molecule has 2 aliphatic carbocycles. The highest BCUT2D eigenvalue weighted by Gasteiger charge is 2.51. The number of fused-ring (bicyclic) bond motifs is 16. The molecule has 0 radical (unpaired) electrons. The fourth-order valence-electron chi connectivity index (χ4n) is 11.6. The van der Waals surface area contributed by atoms with Gasteiger partial charge in [-0.1, -0.05) is 188 Å². The number of hydrogen-bond donors (Lipinski definition) is 0. The van der Waals surface area contributed by atoms with Crippen LogP contribution in [0.4, 0.5) is 17.1 Å². The first-order valence-corrected chi connectivity index (χ1v) is 23.3. The van der Waals surface area contributed by atoms with Gasteiger partial charge in [0, 0.05) is 37.1 Å². The summed E-state index contributed by atoms with van der Waals surface area (Å²) < 4.78 is 2.57. The standard InChI is InChI=1S/C63H39NS/c1-2-16-40(17-3-1)41-30-32-43(33-31-41)64(44-34-35-51-50-24-10-14-28-56(50)63(57(51)39-44)54-26-12-8-22-48(54)49-23-9-13-27-55(49)63)58-36-37-60-62(52-25-11-15-29-59(52)65-60)61(58)53-38-42-18-4-5-19-45(42)46-20-6-7-21-47(46)53/h1-39H. The van der Waals surface area contributed by atoms with E-state index in [1.54, 1.807) is 0 Å². The summed E-state index contributed by atoms with van der Waals surface area (Å²) in [6.45, 7) is 0. The Labute approximate surface area is 381 Å². The van der Waals surface area contributed by atoms with Crippen molar-refractivity contribution in [2.45, 2.75) is 5.41 Å². The van der Waals surface area contributed by atoms with Gasteiger partial charge in [0.1, 0.15) is 0 Å². The van der Waals surface area contributed by atoms with Crippen molar-refractivity contribution in [1.29, 1.82) is 0 Å². The van der Waals surface area contributed by atoms with Crippen LogP contribution < -0.4 is 4.90 Å². The number of benzene rings is 11. The first-order chi connectivity index (χ1) is 32.3. The van der Waals surface area contributed by atoms with E-state index in [9.17, 15) is 0 Å². The van der Waals surface area contributed by atoms with Gasteiger partial charge >= 0.3 is 0 Å². The summed E-state index contributed by atoms with van der Waals surface area (Å²) in [6, 6.07) is 88.5. The Morgan fingerprint density at radius 2 is 0.862 bits per heavy atom. The molecule has 0 saturated heterocycles. The van der Waals surface area contributed by atoms with Crippen LogP contribution in [0.25, 0.3) is 86.2 Å². The normalized spacial score (nSPS) is 13.0. The maximum absolute atomic E-state index is 2.55. The van der Waals surface area contributed by atoms with E-state index >= 15 is 0 Å². The van der Waals surface area contributed by atoms with Gasteiger partial charge in [-0.2, -0.15) is 0 Å². The Balaban J connectivity index is 1.10. The molecule has 65 heavy (non-hydrogen) atoms. The summed E-state index contributed by atoms with van der Waals surface area (Å²) in [5, 5.41) is 7.58. The zero-order valence-corrected chi connectivity index (χ0v) is 36.2. The van der Waals surface area contributed by atoms with Gasteiger partial charge in [0.2, 0.25) is 0 Å². The van der Waals surface area contributed by atoms with Crippen LogP contribution in [0.2, 0.25) is 0 Å². The lowest BCUT2D eigenvalue weighted by atomic mass is 9.70. The lowest BCUT2D eigenvalue weighted by Crippen LogP contribution is -2.26. The molecule has 1 heterocycles. The zero-order chi connectivity index (χ0) is 42.6. The Bertz CT molecular complexity index is 3830. The van der Waals surface area contributed by atoms with Crippen LogP contribution in [-0.2, 0) is 5.41 Å². The van der Waals surface area contributed by atoms with Gasteiger partial charge in [0.05, 0.1) is 11.1 Å². The monoisotopic (exact) mass is 841 g/mol. The van der Waals surface area contributed by atoms with E-state index in [1.165, 1.54) is 108 Å². The first-order valence-electron chi connectivity index (χ1n) is 22.5. The molecular weight excluding hydrogens is 803 g/mol. The van der Waals surface area contributed by atoms with E-state index in [0.717, 1.165) is 17.1 Å². The van der Waals surface area contributed by atoms with Crippen LogP contribution in [0.1, 0.15) is 22.3 Å². The summed E-state index contributed by atoms with van der Waals surface area (Å²) in [7, 11) is 0. The highest BCUT2D eigenvalue weighted by Crippen LogP contribution is 2.63. The second-order valence-electron chi connectivity index (χ2n) is 17.5. The SMILES string of the molecule is c1ccc(-c2ccc(N(c3ccc4c(c3)C3(c5ccccc5-c5ccccc53)c3ccccc3-4)c3ccc4sc5ccccc5c4c3-c3cc4ccccc4c4ccccc34)cc2)cc1. The minimum atomic E-state index is -0.469. The van der Waals surface area contributed by atoms with Gasteiger partial charge in [-0.25, -0.2) is 0 Å². The highest BCUT2D eigenvalue weighted by atomic mass is 32.1. The van der Waals surface area contributed by atoms with Gasteiger partial charge in [-0.3, -0.25) is 0 Å². The molecule has 2 aliphatic rings. The molecule has 1 nitrogen and oxygen atoms in total. The van der Waals surface area contributed by atoms with E-state index in [4.69, 9.17) is 0 Å². The second kappa shape index (κ2) is 14.0. The summed E-state index contributed by atoms with van der Waals surface area (Å²) in [4.78, 5) is 2.55. The van der Waals surface area contributed by atoms with Crippen molar-refractivity contribution in [2.75, 3.05) is 4.90 Å². The summed E-state index contributed by atoms with van der Waals surface area (Å²) in [6.07, 6.45) is 0. The molecule has 0 bridgehead atoms. The van der Waals surface area contributed by atoms with E-state index in [2.05, 4.69) is 241 Å². The Kier molecular flexibility index (Phi) is 7.84. The smallest absolute Gasteiger partial charge is 0.0726 e. The van der Waals surface area contributed by atoms with Crippen LogP contribution in [0, 0.1) is 0 Å². The topological polar surface area (TPSA) is 3.24 Å². The Morgan fingerprint density at radius 3 is 1.57 bits per heavy atom. The first kappa shape index (κ1) is 36.4. The van der Waals surface area contributed by atoms with E-state index < -0.39 is 5.41 Å². The van der Waals surface area contributed by atoms with Crippen molar-refractivity contribution in [3.8, 4) is 44.5 Å². The Hall–Kier alpha value is -8.04. The summed E-state index contributed by atoms with van der Waals surface area (Å²) in [5.74, 6) is 0. The molecule has 12 aromatic rings. The average Bonchev–Trinajstić information content (AvgIpc) is 4.01. The van der Waals surface area contributed by atoms with Crippen molar-refractivity contribution in [3.05, 3.63) is 259 Å². The van der Waals surface area contributed by atoms with Crippen LogP contribution in [0.3, 0.4) is 0 Å². The maximum atomic E-state index is 2.55. The molecule has 14 rings (SSSR count). The minimum Gasteiger partial charge on any atom is -0.310 e. The van der Waals surface area contributed by atoms with Crippen molar-refractivity contribution in [2.24, 2.45) is 0 Å². The van der Waals surface area contributed by atoms with Gasteiger partial charge in [0.15, 0.2) is 0 Å². The Morgan fingerprint density at radius 1 is 0.323 bits per heavy atom. The molecule has 0 saturated carbocycles. The van der Waals surface area contributed by atoms with Crippen LogP contribution >= 0.6 is 11.3 Å². The fourth-order valence-corrected chi connectivity index (χ4v) is 12.7. The molecule has 0 atom stereocenters. The van der Waals surface area contributed by atoms with Crippen molar-refractivity contribution >= 4 is 70.1 Å². The number of thiophene rings is 1. The molecule has 0 unspecified atom stereocenters. The maximum Gasteiger partial charge on any atom is 0.0726 e. The summed E-state index contributed by atoms with van der Waals surface area (Å²) in [5.41, 5.74) is 18.3. The second-order valence-corrected chi connectivity index (χ2v) is 18.6. The quantitative estimate of drug-likeness (QED) is 0.156. The van der Waals surface area contributed by atoms with Crippen LogP contribution in [0.15, 0.2) is 237 Å². The fraction of sp³-hybridized carbons (Fsp3) is 0.0159. The van der Waals surface area contributed by atoms with E-state index in [-0.39, 0.29) is 0 Å². The van der Waals surface area contributed by atoms with Crippen LogP contribution in [-0.4, -0.2) is 0 Å². The third-order valence-electron chi connectivity index (χ3n) is 14.3. The lowest BCUT2D eigenvalue weighted by Gasteiger charge is -2.33. The molecule has 1 spiro atoms. The van der Waals surface area contributed by atoms with Gasteiger partial charge in [0.25, 0.3) is 0 Å². The van der Waals surface area contributed by atoms with Gasteiger partial charge in [-0.05, 0) is 131 Å². The molecule has 0 aliphatic heterocycles. The van der Waals surface area contributed by atoms with E-state index in [0.29, 0.717) is 0 Å². The number of rotatable bonds is 5. The third kappa shape index (κ3) is 5.14. The average molecular weight is 842 g/mol. The third-order valence-corrected chi connectivity index (χ3v) is 15.4. The van der Waals surface area contributed by atoms with Crippen molar-refractivity contribution < 1.29 is 0 Å². The molecule has 2 heteroatoms. The molecule has 1 aromatic heterocycles. The van der Waals surface area contributed by atoms with Gasteiger partial charge < -0.3 is 4.90 Å². The summed E-state index contributed by atoms with van der Waals surface area (Å²) >= 11 is 1.88. The molecule has 0 amide bonds. The number of anilines is 3. The van der Waals surface area contributed by atoms with Crippen molar-refractivity contribution in [1.82, 2.24) is 0 Å². The molecule has 0 fully saturated rings. The largest absolute Gasteiger partial charge is 0.310 e. The number of nitrogens with zero attached hydrogens (tertiary/aromatic N) is 1. The molecular formula is C63H39NS. The highest BCUT2D eigenvalue weighted by molar-refractivity contribution is 7.26. The zero-order valence-electron chi connectivity index (χ0n) is 35.4. The number of hydrogen-bond acceptors (Lipinski definition) is 2. The predicted molar refractivity (Wildman–Crippen MR) is 276 cm³/mol. The molecule has 0 N–H and O–H groups in total. The van der Waals surface area contributed by atoms with Crippen molar-refractivity contribution in [3.63, 3.8) is 0 Å². The van der Waals surface area contributed by atoms with Crippen LogP contribution in [0.5, 0.6) is 0 Å². The minimum absolute atomic E-state index is 0.469.